The van der Waals surface area contributed by atoms with Crippen LogP contribution in [0.25, 0.3) is 0 Å². The van der Waals surface area contributed by atoms with Crippen molar-refractivity contribution in [3.05, 3.63) is 56.5 Å². The quantitative estimate of drug-likeness (QED) is 0.742. The molecule has 0 aliphatic rings. The molecule has 1 atom stereocenters. The number of aromatic hydroxyl groups is 1. The van der Waals surface area contributed by atoms with Crippen LogP contribution in [0.3, 0.4) is 0 Å². The first kappa shape index (κ1) is 14.5. The normalized spacial score (nSPS) is 12.2. The van der Waals surface area contributed by atoms with Crippen LogP contribution in [-0.4, -0.2) is 5.11 Å². The van der Waals surface area contributed by atoms with Crippen LogP contribution < -0.4 is 5.32 Å². The van der Waals surface area contributed by atoms with Crippen LogP contribution in [0.1, 0.15) is 18.5 Å². The highest BCUT2D eigenvalue weighted by atomic mass is 79.9. The molecule has 0 fully saturated rings. The van der Waals surface area contributed by atoms with Crippen LogP contribution in [0.4, 0.5) is 5.69 Å². The molecule has 5 heteroatoms. The number of hydrogen-bond donors (Lipinski definition) is 2. The van der Waals surface area contributed by atoms with Gasteiger partial charge in [-0.3, -0.25) is 0 Å². The largest absolute Gasteiger partial charge is 0.508 e. The zero-order chi connectivity index (χ0) is 14.0. The molecule has 0 saturated heterocycles. The average molecular weight is 361 g/mol. The third kappa shape index (κ3) is 3.56. The lowest BCUT2D eigenvalue weighted by Crippen LogP contribution is -2.07. The van der Waals surface area contributed by atoms with Crippen LogP contribution >= 0.6 is 39.1 Å². The lowest BCUT2D eigenvalue weighted by molar-refractivity contribution is 0.475. The van der Waals surface area contributed by atoms with E-state index >= 15 is 0 Å². The molecule has 2 aromatic carbocycles. The van der Waals surface area contributed by atoms with Crippen molar-refractivity contribution < 1.29 is 5.11 Å². The van der Waals surface area contributed by atoms with Crippen molar-refractivity contribution >= 4 is 44.8 Å². The molecule has 1 unspecified atom stereocenters. The maximum Gasteiger partial charge on any atom is 0.115 e. The molecule has 0 saturated carbocycles. The summed E-state index contributed by atoms with van der Waals surface area (Å²) in [6.07, 6.45) is 0. The second kappa shape index (κ2) is 6.04. The van der Waals surface area contributed by atoms with E-state index in [1.165, 1.54) is 0 Å². The average Bonchev–Trinajstić information content (AvgIpc) is 2.34. The Hall–Kier alpha value is -0.900. The molecule has 0 heterocycles. The Bertz CT molecular complexity index is 563. The third-order valence-electron chi connectivity index (χ3n) is 2.76. The van der Waals surface area contributed by atoms with Gasteiger partial charge in [0.05, 0.1) is 15.7 Å². The number of phenols is 1. The minimum Gasteiger partial charge on any atom is -0.508 e. The van der Waals surface area contributed by atoms with Crippen molar-refractivity contribution in [2.45, 2.75) is 13.0 Å². The highest BCUT2D eigenvalue weighted by Gasteiger charge is 2.12. The predicted molar refractivity (Wildman–Crippen MR) is 84.3 cm³/mol. The van der Waals surface area contributed by atoms with Crippen LogP contribution in [0.2, 0.25) is 10.0 Å². The van der Waals surface area contributed by atoms with Gasteiger partial charge < -0.3 is 10.4 Å². The fourth-order valence-corrected chi connectivity index (χ4v) is 3.06. The summed E-state index contributed by atoms with van der Waals surface area (Å²) in [5, 5.41) is 13.7. The van der Waals surface area contributed by atoms with Crippen LogP contribution in [0.15, 0.2) is 40.9 Å². The summed E-state index contributed by atoms with van der Waals surface area (Å²) in [6, 6.07) is 10.6. The van der Waals surface area contributed by atoms with E-state index in [-0.39, 0.29) is 11.8 Å². The molecule has 2 aromatic rings. The summed E-state index contributed by atoms with van der Waals surface area (Å²) in [6.45, 7) is 2.00. The monoisotopic (exact) mass is 359 g/mol. The molecule has 2 nitrogen and oxygen atoms in total. The van der Waals surface area contributed by atoms with Crippen molar-refractivity contribution in [2.24, 2.45) is 0 Å². The van der Waals surface area contributed by atoms with Crippen molar-refractivity contribution in [3.63, 3.8) is 0 Å². The van der Waals surface area contributed by atoms with Crippen molar-refractivity contribution in [1.82, 2.24) is 0 Å². The summed E-state index contributed by atoms with van der Waals surface area (Å²) in [4.78, 5) is 0. The fraction of sp³-hybridized carbons (Fsp3) is 0.143. The Balaban J connectivity index is 2.24. The van der Waals surface area contributed by atoms with Gasteiger partial charge in [0.1, 0.15) is 5.75 Å². The molecular formula is C14H12BrCl2NO. The molecular weight excluding hydrogens is 349 g/mol. The lowest BCUT2D eigenvalue weighted by Gasteiger charge is -2.18. The summed E-state index contributed by atoms with van der Waals surface area (Å²) in [5.41, 5.74) is 1.74. The summed E-state index contributed by atoms with van der Waals surface area (Å²) in [5.74, 6) is 0.246. The van der Waals surface area contributed by atoms with E-state index in [2.05, 4.69) is 21.2 Å². The van der Waals surface area contributed by atoms with Gasteiger partial charge in [0.25, 0.3) is 0 Å². The van der Waals surface area contributed by atoms with Gasteiger partial charge in [-0.2, -0.15) is 0 Å². The maximum absolute atomic E-state index is 9.28. The SMILES string of the molecule is CC(Nc1c(Cl)cc(Br)cc1Cl)c1ccc(O)cc1. The number of halogens is 3. The van der Waals surface area contributed by atoms with E-state index < -0.39 is 0 Å². The van der Waals surface area contributed by atoms with E-state index in [0.29, 0.717) is 15.7 Å². The number of rotatable bonds is 3. The van der Waals surface area contributed by atoms with Crippen LogP contribution in [-0.2, 0) is 0 Å². The van der Waals surface area contributed by atoms with Crippen molar-refractivity contribution in [2.75, 3.05) is 5.32 Å². The summed E-state index contributed by atoms with van der Waals surface area (Å²) < 4.78 is 0.838. The van der Waals surface area contributed by atoms with E-state index in [9.17, 15) is 5.11 Å². The number of phenolic OH excluding ortho intramolecular Hbond substituents is 1. The van der Waals surface area contributed by atoms with Gasteiger partial charge in [-0.15, -0.1) is 0 Å². The minimum atomic E-state index is 0.0248. The molecule has 19 heavy (non-hydrogen) atoms. The molecule has 0 radical (unpaired) electrons. The Kier molecular flexibility index (Phi) is 4.61. The zero-order valence-corrected chi connectivity index (χ0v) is 13.2. The molecule has 2 rings (SSSR count). The topological polar surface area (TPSA) is 32.3 Å². The second-order valence-corrected chi connectivity index (χ2v) is 5.93. The maximum atomic E-state index is 9.28. The van der Waals surface area contributed by atoms with E-state index in [1.54, 1.807) is 24.3 Å². The van der Waals surface area contributed by atoms with E-state index in [4.69, 9.17) is 23.2 Å². The van der Waals surface area contributed by atoms with Gasteiger partial charge in [-0.1, -0.05) is 51.3 Å². The van der Waals surface area contributed by atoms with Gasteiger partial charge >= 0.3 is 0 Å². The Labute approximate surface area is 130 Å². The molecule has 0 amide bonds. The minimum absolute atomic E-state index is 0.0248. The Morgan fingerprint density at radius 1 is 1.11 bits per heavy atom. The second-order valence-electron chi connectivity index (χ2n) is 4.20. The molecule has 0 bridgehead atoms. The van der Waals surface area contributed by atoms with E-state index in [0.717, 1.165) is 10.0 Å². The lowest BCUT2D eigenvalue weighted by atomic mass is 10.1. The molecule has 2 N–H and O–H groups in total. The number of benzene rings is 2. The van der Waals surface area contributed by atoms with Gasteiger partial charge in [0, 0.05) is 10.5 Å². The first-order chi connectivity index (χ1) is 8.97. The highest BCUT2D eigenvalue weighted by Crippen LogP contribution is 2.36. The standard InChI is InChI=1S/C14H12BrCl2NO/c1-8(9-2-4-11(19)5-3-9)18-14-12(16)6-10(15)7-13(14)17/h2-8,18-19H,1H3. The summed E-state index contributed by atoms with van der Waals surface area (Å²) >= 11 is 15.7. The fourth-order valence-electron chi connectivity index (χ4n) is 1.74. The van der Waals surface area contributed by atoms with Crippen molar-refractivity contribution in [1.29, 1.82) is 0 Å². The molecule has 0 spiro atoms. The molecule has 0 aromatic heterocycles. The number of hydrogen-bond acceptors (Lipinski definition) is 2. The molecule has 0 aliphatic heterocycles. The van der Waals surface area contributed by atoms with E-state index in [1.807, 2.05) is 19.1 Å². The predicted octanol–water partition coefficient (Wildman–Crippen LogP) is 5.63. The molecule has 100 valence electrons. The molecule has 0 aliphatic carbocycles. The van der Waals surface area contributed by atoms with Crippen LogP contribution in [0, 0.1) is 0 Å². The Morgan fingerprint density at radius 2 is 1.63 bits per heavy atom. The van der Waals surface area contributed by atoms with Gasteiger partial charge in [0.15, 0.2) is 0 Å². The van der Waals surface area contributed by atoms with Gasteiger partial charge in [-0.25, -0.2) is 0 Å². The highest BCUT2D eigenvalue weighted by molar-refractivity contribution is 9.10. The van der Waals surface area contributed by atoms with Gasteiger partial charge in [-0.05, 0) is 36.8 Å². The first-order valence-electron chi connectivity index (χ1n) is 5.67. The Morgan fingerprint density at radius 3 is 2.16 bits per heavy atom. The first-order valence-corrected chi connectivity index (χ1v) is 7.22. The number of nitrogens with one attached hydrogen (secondary N) is 1. The van der Waals surface area contributed by atoms with Crippen LogP contribution in [0.5, 0.6) is 5.75 Å². The smallest absolute Gasteiger partial charge is 0.115 e. The zero-order valence-electron chi connectivity index (χ0n) is 10.1. The summed E-state index contributed by atoms with van der Waals surface area (Å²) in [7, 11) is 0. The van der Waals surface area contributed by atoms with Crippen molar-refractivity contribution in [3.8, 4) is 5.75 Å². The van der Waals surface area contributed by atoms with Gasteiger partial charge in [0.2, 0.25) is 0 Å². The third-order valence-corrected chi connectivity index (χ3v) is 3.81. The number of anilines is 1.